The Morgan fingerprint density at radius 1 is 1.08 bits per heavy atom. The molecule has 0 atom stereocenters. The van der Waals surface area contributed by atoms with Crippen molar-refractivity contribution in [3.05, 3.63) is 81.3 Å². The van der Waals surface area contributed by atoms with Crippen LogP contribution in [0.5, 0.6) is 11.5 Å². The van der Waals surface area contributed by atoms with Gasteiger partial charge in [0, 0.05) is 79.8 Å². The number of nitriles is 1. The Balaban J connectivity index is 1.38. The number of methoxy groups -OCH3 is 2. The number of carbonyl (C=O) groups excluding carboxylic acids is 1. The number of aryl methyl sites for hydroxylation is 2. The fourth-order valence-corrected chi connectivity index (χ4v) is 6.17. The summed E-state index contributed by atoms with van der Waals surface area (Å²) in [6, 6.07) is 14.5. The van der Waals surface area contributed by atoms with Crippen LogP contribution < -0.4 is 25.7 Å². The molecule has 49 heavy (non-hydrogen) atoms. The van der Waals surface area contributed by atoms with Crippen LogP contribution in [0.2, 0.25) is 5.02 Å². The van der Waals surface area contributed by atoms with Gasteiger partial charge in [-0.15, -0.1) is 0 Å². The third-order valence-electron chi connectivity index (χ3n) is 8.83. The van der Waals surface area contributed by atoms with Gasteiger partial charge in [0.05, 0.1) is 19.2 Å². The van der Waals surface area contributed by atoms with Gasteiger partial charge in [0.2, 0.25) is 5.95 Å². The molecule has 1 aliphatic rings. The molecule has 5 rings (SSSR count). The molecule has 1 amide bonds. The van der Waals surface area contributed by atoms with E-state index in [1.165, 1.54) is 14.2 Å². The number of fused-ring (bicyclic) bond motifs is 1. The smallest absolute Gasteiger partial charge is 0.266 e. The first-order chi connectivity index (χ1) is 23.5. The standard InChI is InChI=1S/C36H41ClN8O4/c1-36(2,44-15-13-43(4)14-16-44)20-25(21-38)33(46)41-26-9-7-23(8-10-26)11-12-45-32-24(22-40-35(39-3)42-32)17-29(34(45)47)28-18-27(48-5)19-30(49-6)31(28)37/h7-10,17-20,22H,11-16H2,1-6H3,(H,41,46)(H,39,40,42). The van der Waals surface area contributed by atoms with Crippen LogP contribution in [0.3, 0.4) is 0 Å². The number of nitrogens with zero attached hydrogens (tertiary/aromatic N) is 6. The van der Waals surface area contributed by atoms with E-state index in [9.17, 15) is 14.9 Å². The normalized spacial score (nSPS) is 14.4. The van der Waals surface area contributed by atoms with E-state index in [0.29, 0.717) is 58.3 Å². The van der Waals surface area contributed by atoms with Crippen molar-refractivity contribution in [2.45, 2.75) is 32.4 Å². The maximum atomic E-state index is 14.1. The fraction of sp³-hybridized carbons (Fsp3) is 0.361. The number of amides is 1. The van der Waals surface area contributed by atoms with E-state index in [1.807, 2.05) is 26.0 Å². The van der Waals surface area contributed by atoms with Crippen molar-refractivity contribution >= 4 is 40.2 Å². The molecule has 4 aromatic rings. The predicted octanol–water partition coefficient (Wildman–Crippen LogP) is 4.83. The molecule has 1 saturated heterocycles. The van der Waals surface area contributed by atoms with Crippen molar-refractivity contribution in [3.8, 4) is 28.7 Å². The Morgan fingerprint density at radius 3 is 2.43 bits per heavy atom. The molecule has 2 aromatic heterocycles. The Labute approximate surface area is 290 Å². The van der Waals surface area contributed by atoms with Crippen LogP contribution in [0.1, 0.15) is 19.4 Å². The number of nitrogens with one attached hydrogen (secondary N) is 2. The van der Waals surface area contributed by atoms with E-state index in [4.69, 9.17) is 21.1 Å². The Bertz CT molecular complexity index is 1980. The van der Waals surface area contributed by atoms with Crippen LogP contribution in [-0.4, -0.2) is 90.3 Å². The highest BCUT2D eigenvalue weighted by molar-refractivity contribution is 6.35. The third-order valence-corrected chi connectivity index (χ3v) is 9.22. The number of pyridine rings is 1. The number of benzene rings is 2. The molecule has 13 heteroatoms. The molecule has 2 N–H and O–H groups in total. The molecule has 12 nitrogen and oxygen atoms in total. The summed E-state index contributed by atoms with van der Waals surface area (Å²) in [5.41, 5.74) is 2.11. The summed E-state index contributed by atoms with van der Waals surface area (Å²) in [5, 5.41) is 16.6. The minimum atomic E-state index is -0.458. The molecule has 0 radical (unpaired) electrons. The van der Waals surface area contributed by atoms with Gasteiger partial charge in [-0.1, -0.05) is 23.7 Å². The number of halogens is 1. The average Bonchev–Trinajstić information content (AvgIpc) is 3.10. The summed E-state index contributed by atoms with van der Waals surface area (Å²) in [5.74, 6) is 0.798. The van der Waals surface area contributed by atoms with Crippen molar-refractivity contribution in [2.75, 3.05) is 65.1 Å². The number of aromatic nitrogens is 3. The van der Waals surface area contributed by atoms with E-state index in [-0.39, 0.29) is 16.2 Å². The van der Waals surface area contributed by atoms with Crippen LogP contribution >= 0.6 is 11.6 Å². The van der Waals surface area contributed by atoms with Crippen LogP contribution in [0.15, 0.2) is 65.1 Å². The van der Waals surface area contributed by atoms with Gasteiger partial charge in [-0.2, -0.15) is 10.2 Å². The van der Waals surface area contributed by atoms with Gasteiger partial charge in [-0.05, 0) is 63.2 Å². The second-order valence-corrected chi connectivity index (χ2v) is 12.8. The van der Waals surface area contributed by atoms with E-state index in [2.05, 4.69) is 43.5 Å². The van der Waals surface area contributed by atoms with Crippen LogP contribution in [0.25, 0.3) is 22.2 Å². The molecule has 0 bridgehead atoms. The number of hydrogen-bond acceptors (Lipinski definition) is 10. The number of piperazine rings is 1. The highest BCUT2D eigenvalue weighted by Crippen LogP contribution is 2.38. The first-order valence-corrected chi connectivity index (χ1v) is 16.3. The van der Waals surface area contributed by atoms with Crippen molar-refractivity contribution in [1.29, 1.82) is 5.26 Å². The molecular weight excluding hydrogens is 644 g/mol. The number of hydrogen-bond donors (Lipinski definition) is 2. The highest BCUT2D eigenvalue weighted by Gasteiger charge is 2.29. The second-order valence-electron chi connectivity index (χ2n) is 12.4. The first kappa shape index (κ1) is 35.3. The lowest BCUT2D eigenvalue weighted by Gasteiger charge is -2.41. The first-order valence-electron chi connectivity index (χ1n) is 15.9. The fourth-order valence-electron chi connectivity index (χ4n) is 5.88. The predicted molar refractivity (Wildman–Crippen MR) is 193 cm³/mol. The van der Waals surface area contributed by atoms with Gasteiger partial charge < -0.3 is 25.0 Å². The van der Waals surface area contributed by atoms with Gasteiger partial charge >= 0.3 is 0 Å². The lowest BCUT2D eigenvalue weighted by Crippen LogP contribution is -2.53. The molecule has 0 unspecified atom stereocenters. The third kappa shape index (κ3) is 7.86. The van der Waals surface area contributed by atoms with Crippen LogP contribution in [0, 0.1) is 11.3 Å². The van der Waals surface area contributed by atoms with Gasteiger partial charge in [-0.3, -0.25) is 19.1 Å². The Hall–Kier alpha value is -4.96. The van der Waals surface area contributed by atoms with Crippen LogP contribution in [0.4, 0.5) is 11.6 Å². The SMILES string of the molecule is CNc1ncc2cc(-c3cc(OC)cc(OC)c3Cl)c(=O)n(CCc3ccc(NC(=O)C(C#N)=CC(C)(C)N4CCN(C)CC4)cc3)c2n1. The van der Waals surface area contributed by atoms with Crippen LogP contribution in [-0.2, 0) is 17.8 Å². The minimum absolute atomic E-state index is 0.0656. The molecule has 2 aromatic carbocycles. The molecule has 1 fully saturated rings. The zero-order chi connectivity index (χ0) is 35.3. The van der Waals surface area contributed by atoms with E-state index in [1.54, 1.807) is 54.2 Å². The molecule has 0 saturated carbocycles. The quantitative estimate of drug-likeness (QED) is 0.167. The summed E-state index contributed by atoms with van der Waals surface area (Å²) >= 11 is 6.70. The molecule has 3 heterocycles. The molecule has 256 valence electrons. The van der Waals surface area contributed by atoms with E-state index in [0.717, 1.165) is 31.7 Å². The summed E-state index contributed by atoms with van der Waals surface area (Å²) in [6.07, 6.45) is 3.89. The van der Waals surface area contributed by atoms with Crippen molar-refractivity contribution in [3.63, 3.8) is 0 Å². The van der Waals surface area contributed by atoms with Gasteiger partial charge in [0.25, 0.3) is 11.5 Å². The Morgan fingerprint density at radius 2 is 1.80 bits per heavy atom. The lowest BCUT2D eigenvalue weighted by molar-refractivity contribution is -0.112. The van der Waals surface area contributed by atoms with Gasteiger partial charge in [0.15, 0.2) is 0 Å². The zero-order valence-electron chi connectivity index (χ0n) is 28.6. The monoisotopic (exact) mass is 684 g/mol. The van der Waals surface area contributed by atoms with Crippen molar-refractivity contribution in [2.24, 2.45) is 0 Å². The van der Waals surface area contributed by atoms with E-state index >= 15 is 0 Å². The van der Waals surface area contributed by atoms with Crippen molar-refractivity contribution in [1.82, 2.24) is 24.3 Å². The number of ether oxygens (including phenoxy) is 2. The van der Waals surface area contributed by atoms with Gasteiger partial charge in [0.1, 0.15) is 28.8 Å². The topological polar surface area (TPSA) is 138 Å². The minimum Gasteiger partial charge on any atom is -0.497 e. The van der Waals surface area contributed by atoms with Gasteiger partial charge in [-0.25, -0.2) is 4.98 Å². The largest absolute Gasteiger partial charge is 0.497 e. The average molecular weight is 685 g/mol. The highest BCUT2D eigenvalue weighted by atomic mass is 35.5. The summed E-state index contributed by atoms with van der Waals surface area (Å²) < 4.78 is 12.5. The molecule has 0 spiro atoms. The number of carbonyl (C=O) groups is 1. The summed E-state index contributed by atoms with van der Waals surface area (Å²) in [6.45, 7) is 7.94. The molecule has 0 aliphatic carbocycles. The number of rotatable bonds is 11. The number of likely N-dealkylation sites (N-methyl/N-ethyl adjacent to an activating group) is 1. The maximum Gasteiger partial charge on any atom is 0.266 e. The maximum absolute atomic E-state index is 14.1. The van der Waals surface area contributed by atoms with Crippen molar-refractivity contribution < 1.29 is 14.3 Å². The molecule has 1 aliphatic heterocycles. The summed E-state index contributed by atoms with van der Waals surface area (Å²) in [4.78, 5) is 40.7. The van der Waals surface area contributed by atoms with E-state index < -0.39 is 11.4 Å². The second kappa shape index (κ2) is 15.1. The molecular formula is C36H41ClN8O4. The zero-order valence-corrected chi connectivity index (χ0v) is 29.4. The lowest BCUT2D eigenvalue weighted by atomic mass is 9.97. The number of anilines is 2. The summed E-state index contributed by atoms with van der Waals surface area (Å²) in [7, 11) is 6.84. The Kier molecular flexibility index (Phi) is 10.9.